The van der Waals surface area contributed by atoms with Crippen LogP contribution in [0.25, 0.3) is 0 Å². The van der Waals surface area contributed by atoms with Crippen molar-refractivity contribution in [1.82, 2.24) is 0 Å². The first-order valence-corrected chi connectivity index (χ1v) is 9.43. The molecular formula is C20H20INO3. The number of carboxylic acids is 1. The normalized spacial score (nSPS) is 16.9. The van der Waals surface area contributed by atoms with Gasteiger partial charge in [-0.15, -0.1) is 0 Å². The van der Waals surface area contributed by atoms with E-state index >= 15 is 0 Å². The Morgan fingerprint density at radius 2 is 1.92 bits per heavy atom. The zero-order valence-electron chi connectivity index (χ0n) is 14.0. The Morgan fingerprint density at radius 1 is 1.20 bits per heavy atom. The van der Waals surface area contributed by atoms with Crippen molar-refractivity contribution in [2.75, 3.05) is 11.4 Å². The highest BCUT2D eigenvalue weighted by Crippen LogP contribution is 2.28. The average molecular weight is 449 g/mol. The molecule has 25 heavy (non-hydrogen) atoms. The summed E-state index contributed by atoms with van der Waals surface area (Å²) in [5, 5.41) is 9.06. The number of hydrogen-bond donors (Lipinski definition) is 1. The van der Waals surface area contributed by atoms with E-state index in [9.17, 15) is 9.59 Å². The standard InChI is InChI=1S/C20H20INO3/c1-13-11-15(21)6-9-18(13)20(25)14-4-7-16(8-5-14)22-10-2-3-17(22)12-19(23)24/h4-9,11,17H,2-3,10,12H2,1H3,(H,23,24). The van der Waals surface area contributed by atoms with Crippen LogP contribution in [0.4, 0.5) is 5.69 Å². The van der Waals surface area contributed by atoms with Gasteiger partial charge in [-0.2, -0.15) is 0 Å². The van der Waals surface area contributed by atoms with Crippen LogP contribution in [0.15, 0.2) is 42.5 Å². The second kappa shape index (κ2) is 7.56. The third-order valence-corrected chi connectivity index (χ3v) is 5.35. The zero-order valence-corrected chi connectivity index (χ0v) is 16.2. The molecule has 5 heteroatoms. The van der Waals surface area contributed by atoms with Gasteiger partial charge >= 0.3 is 5.97 Å². The minimum atomic E-state index is -0.766. The summed E-state index contributed by atoms with van der Waals surface area (Å²) in [7, 11) is 0. The lowest BCUT2D eigenvalue weighted by Gasteiger charge is -2.25. The number of carboxylic acid groups (broad SMARTS) is 1. The number of halogens is 1. The molecule has 1 atom stereocenters. The summed E-state index contributed by atoms with van der Waals surface area (Å²) in [4.78, 5) is 25.9. The van der Waals surface area contributed by atoms with Crippen LogP contribution in [0.1, 0.15) is 40.7 Å². The number of carbonyl (C=O) groups is 2. The van der Waals surface area contributed by atoms with Crippen LogP contribution in [0.2, 0.25) is 0 Å². The molecule has 1 saturated heterocycles. The Labute approximate surface area is 161 Å². The molecule has 0 spiro atoms. The fourth-order valence-electron chi connectivity index (χ4n) is 3.43. The van der Waals surface area contributed by atoms with E-state index in [2.05, 4.69) is 27.5 Å². The lowest BCUT2D eigenvalue weighted by molar-refractivity contribution is -0.137. The summed E-state index contributed by atoms with van der Waals surface area (Å²) in [5.74, 6) is -0.748. The van der Waals surface area contributed by atoms with Gasteiger partial charge in [0, 0.05) is 33.0 Å². The number of nitrogens with zero attached hydrogens (tertiary/aromatic N) is 1. The quantitative estimate of drug-likeness (QED) is 0.547. The van der Waals surface area contributed by atoms with Crippen LogP contribution < -0.4 is 4.90 Å². The number of benzene rings is 2. The molecule has 1 heterocycles. The summed E-state index contributed by atoms with van der Waals surface area (Å²) in [6, 6.07) is 13.4. The van der Waals surface area contributed by atoms with Gasteiger partial charge in [-0.25, -0.2) is 0 Å². The van der Waals surface area contributed by atoms with E-state index in [-0.39, 0.29) is 18.2 Å². The van der Waals surface area contributed by atoms with Crippen LogP contribution in [-0.2, 0) is 4.79 Å². The molecular weight excluding hydrogens is 429 g/mol. The van der Waals surface area contributed by atoms with Gasteiger partial charge in [-0.05, 0) is 90.4 Å². The summed E-state index contributed by atoms with van der Waals surface area (Å²) < 4.78 is 1.11. The molecule has 0 radical (unpaired) electrons. The molecule has 130 valence electrons. The summed E-state index contributed by atoms with van der Waals surface area (Å²) in [5.41, 5.74) is 3.34. The SMILES string of the molecule is Cc1cc(I)ccc1C(=O)c1ccc(N2CCCC2CC(=O)O)cc1. The predicted molar refractivity (Wildman–Crippen MR) is 106 cm³/mol. The molecule has 0 bridgehead atoms. The van der Waals surface area contributed by atoms with Gasteiger partial charge in [-0.3, -0.25) is 9.59 Å². The smallest absolute Gasteiger partial charge is 0.305 e. The fourth-order valence-corrected chi connectivity index (χ4v) is 4.08. The highest BCUT2D eigenvalue weighted by atomic mass is 127. The average Bonchev–Trinajstić information content (AvgIpc) is 3.02. The van der Waals surface area contributed by atoms with E-state index in [1.165, 1.54) is 0 Å². The van der Waals surface area contributed by atoms with Crippen molar-refractivity contribution in [2.24, 2.45) is 0 Å². The summed E-state index contributed by atoms with van der Waals surface area (Å²) >= 11 is 2.24. The third kappa shape index (κ3) is 4.03. The Bertz CT molecular complexity index is 801. The predicted octanol–water partition coefficient (Wildman–Crippen LogP) is 4.27. The Kier molecular flexibility index (Phi) is 5.42. The van der Waals surface area contributed by atoms with E-state index in [0.717, 1.165) is 39.8 Å². The lowest BCUT2D eigenvalue weighted by Crippen LogP contribution is -2.31. The van der Waals surface area contributed by atoms with Crippen molar-refractivity contribution < 1.29 is 14.7 Å². The van der Waals surface area contributed by atoms with Crippen molar-refractivity contribution >= 4 is 40.0 Å². The molecule has 1 aliphatic heterocycles. The Morgan fingerprint density at radius 3 is 2.56 bits per heavy atom. The number of ketones is 1. The van der Waals surface area contributed by atoms with Crippen molar-refractivity contribution in [3.05, 3.63) is 62.7 Å². The molecule has 4 nitrogen and oxygen atoms in total. The number of aryl methyl sites for hydroxylation is 1. The van der Waals surface area contributed by atoms with Crippen molar-refractivity contribution in [3.8, 4) is 0 Å². The molecule has 1 fully saturated rings. The zero-order chi connectivity index (χ0) is 18.0. The molecule has 1 N–H and O–H groups in total. The summed E-state index contributed by atoms with van der Waals surface area (Å²) in [6.45, 7) is 2.81. The van der Waals surface area contributed by atoms with E-state index < -0.39 is 5.97 Å². The van der Waals surface area contributed by atoms with Crippen molar-refractivity contribution in [2.45, 2.75) is 32.2 Å². The minimum Gasteiger partial charge on any atom is -0.481 e. The van der Waals surface area contributed by atoms with Crippen LogP contribution in [0, 0.1) is 10.5 Å². The second-order valence-corrected chi connectivity index (χ2v) is 7.67. The molecule has 0 aromatic heterocycles. The maximum atomic E-state index is 12.7. The minimum absolute atomic E-state index is 0.0176. The molecule has 0 amide bonds. The largest absolute Gasteiger partial charge is 0.481 e. The molecule has 0 aliphatic carbocycles. The first kappa shape index (κ1) is 17.9. The highest BCUT2D eigenvalue weighted by Gasteiger charge is 2.26. The summed E-state index contributed by atoms with van der Waals surface area (Å²) in [6.07, 6.45) is 2.05. The topological polar surface area (TPSA) is 57.6 Å². The van der Waals surface area contributed by atoms with Gasteiger partial charge in [0.15, 0.2) is 5.78 Å². The van der Waals surface area contributed by atoms with Gasteiger partial charge in [0.2, 0.25) is 0 Å². The van der Waals surface area contributed by atoms with Crippen molar-refractivity contribution in [1.29, 1.82) is 0 Å². The fraction of sp³-hybridized carbons (Fsp3) is 0.300. The first-order valence-electron chi connectivity index (χ1n) is 8.35. The van der Waals surface area contributed by atoms with Crippen LogP contribution in [0.3, 0.4) is 0 Å². The van der Waals surface area contributed by atoms with Gasteiger partial charge in [0.1, 0.15) is 0 Å². The molecule has 0 saturated carbocycles. The van der Waals surface area contributed by atoms with Crippen LogP contribution >= 0.6 is 22.6 Å². The van der Waals surface area contributed by atoms with E-state index in [1.54, 1.807) is 0 Å². The monoisotopic (exact) mass is 449 g/mol. The van der Waals surface area contributed by atoms with E-state index in [1.807, 2.05) is 49.4 Å². The first-order chi connectivity index (χ1) is 12.0. The molecule has 2 aromatic rings. The second-order valence-electron chi connectivity index (χ2n) is 6.42. The number of anilines is 1. The van der Waals surface area contributed by atoms with E-state index in [4.69, 9.17) is 5.11 Å². The Hall–Kier alpha value is -1.89. The van der Waals surface area contributed by atoms with Gasteiger partial charge in [0.05, 0.1) is 6.42 Å². The van der Waals surface area contributed by atoms with Gasteiger partial charge in [0.25, 0.3) is 0 Å². The third-order valence-electron chi connectivity index (χ3n) is 4.68. The molecule has 1 unspecified atom stereocenters. The van der Waals surface area contributed by atoms with Crippen LogP contribution in [0.5, 0.6) is 0 Å². The van der Waals surface area contributed by atoms with Gasteiger partial charge in [-0.1, -0.05) is 0 Å². The van der Waals surface area contributed by atoms with E-state index in [0.29, 0.717) is 5.56 Å². The number of hydrogen-bond acceptors (Lipinski definition) is 3. The maximum absolute atomic E-state index is 12.7. The van der Waals surface area contributed by atoms with Crippen molar-refractivity contribution in [3.63, 3.8) is 0 Å². The van der Waals surface area contributed by atoms with Gasteiger partial charge < -0.3 is 10.0 Å². The Balaban J connectivity index is 1.80. The number of aliphatic carboxylic acids is 1. The van der Waals surface area contributed by atoms with Crippen LogP contribution in [-0.4, -0.2) is 29.4 Å². The molecule has 2 aromatic carbocycles. The maximum Gasteiger partial charge on any atom is 0.305 e. The molecule has 3 rings (SSSR count). The lowest BCUT2D eigenvalue weighted by atomic mass is 9.99. The number of rotatable bonds is 5. The molecule has 1 aliphatic rings. The highest BCUT2D eigenvalue weighted by molar-refractivity contribution is 14.1. The number of carbonyl (C=O) groups excluding carboxylic acids is 1.